The van der Waals surface area contributed by atoms with E-state index < -0.39 is 4.92 Å². The summed E-state index contributed by atoms with van der Waals surface area (Å²) in [5, 5.41) is 14.8. The van der Waals surface area contributed by atoms with Crippen LogP contribution in [0.15, 0.2) is 35.0 Å². The van der Waals surface area contributed by atoms with Crippen LogP contribution in [-0.2, 0) is 12.5 Å². The molecule has 0 spiro atoms. The molecule has 4 nitrogen and oxygen atoms in total. The molecule has 0 fully saturated rings. The number of nitro groups is 1. The molecule has 1 aromatic carbocycles. The van der Waals surface area contributed by atoms with Crippen molar-refractivity contribution >= 4 is 28.6 Å². The quantitative estimate of drug-likeness (QED) is 0.474. The molecule has 94 valence electrons. The van der Waals surface area contributed by atoms with E-state index in [4.69, 9.17) is 16.3 Å². The summed E-state index contributed by atoms with van der Waals surface area (Å²) < 4.78 is 5.46. The van der Waals surface area contributed by atoms with Crippen LogP contribution in [0.4, 0.5) is 5.69 Å². The van der Waals surface area contributed by atoms with E-state index >= 15 is 0 Å². The Bertz CT molecular complexity index is 542. The van der Waals surface area contributed by atoms with Gasteiger partial charge in [-0.05, 0) is 34.0 Å². The molecule has 0 aliphatic carbocycles. The minimum Gasteiger partial charge on any atom is -0.482 e. The highest BCUT2D eigenvalue weighted by Gasteiger charge is 2.15. The molecule has 0 atom stereocenters. The normalized spacial score (nSPS) is 10.3. The van der Waals surface area contributed by atoms with Gasteiger partial charge < -0.3 is 4.74 Å². The Morgan fingerprint density at radius 2 is 2.17 bits per heavy atom. The molecule has 1 heterocycles. The van der Waals surface area contributed by atoms with E-state index in [-0.39, 0.29) is 17.3 Å². The molecule has 2 aromatic rings. The summed E-state index contributed by atoms with van der Waals surface area (Å²) in [4.78, 5) is 10.5. The van der Waals surface area contributed by atoms with Crippen molar-refractivity contribution in [2.45, 2.75) is 12.5 Å². The Hall–Kier alpha value is -1.59. The first-order valence-corrected chi connectivity index (χ1v) is 6.65. The van der Waals surface area contributed by atoms with Gasteiger partial charge in [0.1, 0.15) is 6.61 Å². The zero-order valence-electron chi connectivity index (χ0n) is 9.34. The van der Waals surface area contributed by atoms with Crippen LogP contribution in [-0.4, -0.2) is 4.92 Å². The van der Waals surface area contributed by atoms with E-state index in [1.165, 1.54) is 6.07 Å². The number of hydrogen-bond donors (Lipinski definition) is 0. The fraction of sp³-hybridized carbons (Fsp3) is 0.167. The van der Waals surface area contributed by atoms with Crippen LogP contribution < -0.4 is 4.74 Å². The van der Waals surface area contributed by atoms with Crippen molar-refractivity contribution in [2.24, 2.45) is 0 Å². The van der Waals surface area contributed by atoms with Gasteiger partial charge in [-0.25, -0.2) is 0 Å². The van der Waals surface area contributed by atoms with Gasteiger partial charge in [-0.2, -0.15) is 11.3 Å². The number of benzene rings is 1. The molecule has 18 heavy (non-hydrogen) atoms. The smallest absolute Gasteiger partial charge is 0.311 e. The fourth-order valence-electron chi connectivity index (χ4n) is 1.45. The molecule has 1 aromatic heterocycles. The zero-order chi connectivity index (χ0) is 13.0. The number of nitrogens with zero attached hydrogens (tertiary/aromatic N) is 1. The summed E-state index contributed by atoms with van der Waals surface area (Å²) >= 11 is 7.21. The van der Waals surface area contributed by atoms with Gasteiger partial charge in [-0.3, -0.25) is 10.1 Å². The Balaban J connectivity index is 2.18. The highest BCUT2D eigenvalue weighted by molar-refractivity contribution is 7.07. The molecular formula is C12H10ClNO3S. The number of halogens is 1. The standard InChI is InChI=1S/C12H10ClNO3S/c13-6-9-1-2-12(11(5-9)14(15)16)17-7-10-3-4-18-8-10/h1-5,8H,6-7H2. The minimum absolute atomic E-state index is 0.0524. The molecular weight excluding hydrogens is 274 g/mol. The maximum Gasteiger partial charge on any atom is 0.311 e. The first-order chi connectivity index (χ1) is 8.70. The number of nitro benzene ring substituents is 1. The maximum absolute atomic E-state index is 10.9. The molecule has 0 radical (unpaired) electrons. The molecule has 0 aliphatic rings. The SMILES string of the molecule is O=[N+]([O-])c1cc(CCl)ccc1OCc1ccsc1. The third-order valence-corrected chi connectivity index (χ3v) is 3.39. The average Bonchev–Trinajstić information content (AvgIpc) is 2.89. The predicted octanol–water partition coefficient (Wildman–Crippen LogP) is 3.97. The summed E-state index contributed by atoms with van der Waals surface area (Å²) in [6, 6.07) is 6.67. The van der Waals surface area contributed by atoms with E-state index in [0.29, 0.717) is 12.2 Å². The van der Waals surface area contributed by atoms with Gasteiger partial charge in [0.2, 0.25) is 0 Å². The Labute approximate surface area is 113 Å². The van der Waals surface area contributed by atoms with Crippen LogP contribution >= 0.6 is 22.9 Å². The molecule has 2 rings (SSSR count). The van der Waals surface area contributed by atoms with Gasteiger partial charge in [0.05, 0.1) is 4.92 Å². The molecule has 0 aliphatic heterocycles. The summed E-state index contributed by atoms with van der Waals surface area (Å²) in [6.45, 7) is 0.324. The highest BCUT2D eigenvalue weighted by Crippen LogP contribution is 2.29. The molecule has 0 N–H and O–H groups in total. The number of ether oxygens (including phenoxy) is 1. The summed E-state index contributed by atoms with van der Waals surface area (Å²) in [6.07, 6.45) is 0. The third-order valence-electron chi connectivity index (χ3n) is 2.35. The lowest BCUT2D eigenvalue weighted by Gasteiger charge is -2.06. The lowest BCUT2D eigenvalue weighted by atomic mass is 10.2. The summed E-state index contributed by atoms with van der Waals surface area (Å²) in [5.41, 5.74) is 1.64. The van der Waals surface area contributed by atoms with E-state index in [9.17, 15) is 10.1 Å². The third kappa shape index (κ3) is 3.00. The number of alkyl halides is 1. The fourth-order valence-corrected chi connectivity index (χ4v) is 2.27. The van der Waals surface area contributed by atoms with Crippen LogP contribution in [0.3, 0.4) is 0 Å². The van der Waals surface area contributed by atoms with Crippen molar-refractivity contribution in [1.82, 2.24) is 0 Å². The number of hydrogen-bond acceptors (Lipinski definition) is 4. The summed E-state index contributed by atoms with van der Waals surface area (Å²) in [5.74, 6) is 0.506. The molecule has 0 saturated carbocycles. The monoisotopic (exact) mass is 283 g/mol. The predicted molar refractivity (Wildman–Crippen MR) is 71.3 cm³/mol. The van der Waals surface area contributed by atoms with E-state index in [1.807, 2.05) is 16.8 Å². The molecule has 0 amide bonds. The minimum atomic E-state index is -0.459. The van der Waals surface area contributed by atoms with Gasteiger partial charge >= 0.3 is 5.69 Å². The van der Waals surface area contributed by atoms with Crippen molar-refractivity contribution in [3.63, 3.8) is 0 Å². The first-order valence-electron chi connectivity index (χ1n) is 5.18. The molecule has 0 unspecified atom stereocenters. The van der Waals surface area contributed by atoms with Crippen molar-refractivity contribution in [2.75, 3.05) is 0 Å². The lowest BCUT2D eigenvalue weighted by Crippen LogP contribution is -1.99. The van der Waals surface area contributed by atoms with Crippen molar-refractivity contribution < 1.29 is 9.66 Å². The zero-order valence-corrected chi connectivity index (χ0v) is 10.9. The van der Waals surface area contributed by atoms with Gasteiger partial charge in [0.25, 0.3) is 0 Å². The molecule has 0 saturated heterocycles. The van der Waals surface area contributed by atoms with Crippen LogP contribution in [0, 0.1) is 10.1 Å². The Kier molecular flexibility index (Phi) is 4.17. The van der Waals surface area contributed by atoms with E-state index in [0.717, 1.165) is 5.56 Å². The van der Waals surface area contributed by atoms with Crippen molar-refractivity contribution in [3.05, 3.63) is 56.3 Å². The highest BCUT2D eigenvalue weighted by atomic mass is 35.5. The lowest BCUT2D eigenvalue weighted by molar-refractivity contribution is -0.386. The average molecular weight is 284 g/mol. The van der Waals surface area contributed by atoms with Crippen LogP contribution in [0.5, 0.6) is 5.75 Å². The Morgan fingerprint density at radius 1 is 1.33 bits per heavy atom. The topological polar surface area (TPSA) is 52.4 Å². The van der Waals surface area contributed by atoms with Gasteiger partial charge in [-0.15, -0.1) is 11.6 Å². The van der Waals surface area contributed by atoms with E-state index in [1.54, 1.807) is 23.5 Å². The number of thiophene rings is 1. The Morgan fingerprint density at radius 3 is 2.78 bits per heavy atom. The number of rotatable bonds is 5. The van der Waals surface area contributed by atoms with Gasteiger partial charge in [-0.1, -0.05) is 6.07 Å². The van der Waals surface area contributed by atoms with Crippen LogP contribution in [0.25, 0.3) is 0 Å². The second-order valence-corrected chi connectivity index (χ2v) is 4.66. The molecule has 0 bridgehead atoms. The largest absolute Gasteiger partial charge is 0.482 e. The van der Waals surface area contributed by atoms with Gasteiger partial charge in [0, 0.05) is 11.9 Å². The van der Waals surface area contributed by atoms with E-state index in [2.05, 4.69) is 0 Å². The maximum atomic E-state index is 10.9. The van der Waals surface area contributed by atoms with Crippen molar-refractivity contribution in [3.8, 4) is 5.75 Å². The second kappa shape index (κ2) is 5.84. The van der Waals surface area contributed by atoms with Crippen molar-refractivity contribution in [1.29, 1.82) is 0 Å². The summed E-state index contributed by atoms with van der Waals surface area (Å²) in [7, 11) is 0. The first kappa shape index (κ1) is 12.9. The van der Waals surface area contributed by atoms with Crippen LogP contribution in [0.2, 0.25) is 0 Å². The van der Waals surface area contributed by atoms with Crippen LogP contribution in [0.1, 0.15) is 11.1 Å². The second-order valence-electron chi connectivity index (χ2n) is 3.61. The molecule has 6 heteroatoms. The van der Waals surface area contributed by atoms with Gasteiger partial charge in [0.15, 0.2) is 5.75 Å².